The molecule has 6 aliphatic carbocycles. The Morgan fingerprint density at radius 2 is 0.766 bits per heavy atom. The summed E-state index contributed by atoms with van der Waals surface area (Å²) >= 11 is 0. The predicted octanol–water partition coefficient (Wildman–Crippen LogP) is 11.5. The summed E-state index contributed by atoms with van der Waals surface area (Å²) < 4.78 is 0. The summed E-state index contributed by atoms with van der Waals surface area (Å²) in [5.74, 6) is 2.29. The van der Waals surface area contributed by atoms with Crippen molar-refractivity contribution in [1.82, 2.24) is 0 Å². The minimum atomic E-state index is -2.32. The SMILES string of the molecule is CC1(C)CCC(C)(C)C2=CC3C(C=C21)C1C=C2C(=CC1C3[Si](c1ccccc1)(c1ccccc1)C1CCCC1)C(C)(C)CCC2(C)C. The monoisotopic (exact) mass is 640 g/mol. The van der Waals surface area contributed by atoms with E-state index in [-0.39, 0.29) is 21.7 Å². The van der Waals surface area contributed by atoms with E-state index in [0.717, 1.165) is 5.54 Å². The third-order valence-corrected chi connectivity index (χ3v) is 21.1. The highest BCUT2D eigenvalue weighted by Gasteiger charge is 2.63. The molecule has 0 radical (unpaired) electrons. The van der Waals surface area contributed by atoms with Gasteiger partial charge in [-0.1, -0.05) is 176 Å². The Kier molecular flexibility index (Phi) is 7.33. The fourth-order valence-electron chi connectivity index (χ4n) is 12.1. The summed E-state index contributed by atoms with van der Waals surface area (Å²) in [6.07, 6.45) is 22.4. The van der Waals surface area contributed by atoms with Crippen LogP contribution in [0.25, 0.3) is 0 Å². The van der Waals surface area contributed by atoms with Gasteiger partial charge in [0.15, 0.2) is 0 Å². The minimum Gasteiger partial charge on any atom is -0.0767 e. The molecule has 0 bridgehead atoms. The average molecular weight is 641 g/mol. The number of rotatable bonds is 4. The number of hydrogen-bond acceptors (Lipinski definition) is 0. The van der Waals surface area contributed by atoms with Crippen molar-refractivity contribution in [3.63, 3.8) is 0 Å². The molecule has 0 spiro atoms. The number of fused-ring (bicyclic) bond motifs is 5. The Morgan fingerprint density at radius 1 is 0.447 bits per heavy atom. The second-order valence-corrected chi connectivity index (χ2v) is 23.7. The number of allylic oxidation sites excluding steroid dienone is 8. The third-order valence-electron chi connectivity index (χ3n) is 14.9. The van der Waals surface area contributed by atoms with E-state index in [9.17, 15) is 0 Å². The molecule has 8 rings (SSSR count). The van der Waals surface area contributed by atoms with Crippen molar-refractivity contribution in [3.8, 4) is 0 Å². The van der Waals surface area contributed by atoms with Gasteiger partial charge in [-0.3, -0.25) is 0 Å². The molecule has 0 aliphatic heterocycles. The van der Waals surface area contributed by atoms with Crippen molar-refractivity contribution in [1.29, 1.82) is 0 Å². The fourth-order valence-corrected chi connectivity index (χ4v) is 19.4. The Balaban J connectivity index is 1.44. The first-order chi connectivity index (χ1) is 22.3. The lowest BCUT2D eigenvalue weighted by Crippen LogP contribution is -2.66. The van der Waals surface area contributed by atoms with Gasteiger partial charge in [-0.15, -0.1) is 0 Å². The highest BCUT2D eigenvalue weighted by Crippen LogP contribution is 2.68. The van der Waals surface area contributed by atoms with E-state index in [0.29, 0.717) is 29.2 Å². The number of hydrogen-bond donors (Lipinski definition) is 0. The summed E-state index contributed by atoms with van der Waals surface area (Å²) in [6.45, 7) is 20.4. The second kappa shape index (κ2) is 10.8. The summed E-state index contributed by atoms with van der Waals surface area (Å²) in [5, 5.41) is 3.41. The molecule has 0 nitrogen and oxygen atoms in total. The van der Waals surface area contributed by atoms with E-state index >= 15 is 0 Å². The summed E-state index contributed by atoms with van der Waals surface area (Å²) in [7, 11) is -2.32. The Morgan fingerprint density at radius 3 is 1.11 bits per heavy atom. The van der Waals surface area contributed by atoms with Gasteiger partial charge in [-0.25, -0.2) is 0 Å². The van der Waals surface area contributed by atoms with E-state index < -0.39 is 8.07 Å². The van der Waals surface area contributed by atoms with E-state index in [4.69, 9.17) is 0 Å². The quantitative estimate of drug-likeness (QED) is 0.292. The Hall–Kier alpha value is -2.38. The van der Waals surface area contributed by atoms with Crippen LogP contribution in [-0.2, 0) is 0 Å². The van der Waals surface area contributed by atoms with Gasteiger partial charge >= 0.3 is 0 Å². The van der Waals surface area contributed by atoms with Crippen molar-refractivity contribution in [2.75, 3.05) is 0 Å². The minimum absolute atomic E-state index is 0.233. The maximum absolute atomic E-state index is 2.95. The van der Waals surface area contributed by atoms with Crippen LogP contribution in [0, 0.1) is 45.3 Å². The molecule has 248 valence electrons. The first-order valence-electron chi connectivity index (χ1n) is 19.3. The van der Waals surface area contributed by atoms with E-state index in [2.05, 4.69) is 140 Å². The molecule has 0 N–H and O–H groups in total. The summed E-state index contributed by atoms with van der Waals surface area (Å²) in [6, 6.07) is 24.3. The highest BCUT2D eigenvalue weighted by molar-refractivity contribution is 7.04. The lowest BCUT2D eigenvalue weighted by atomic mass is 9.56. The zero-order valence-corrected chi connectivity index (χ0v) is 31.7. The highest BCUT2D eigenvalue weighted by atomic mass is 28.3. The van der Waals surface area contributed by atoms with Crippen LogP contribution in [0.1, 0.15) is 107 Å². The Bertz CT molecular complexity index is 1540. The molecule has 0 saturated heterocycles. The third kappa shape index (κ3) is 4.71. The van der Waals surface area contributed by atoms with Gasteiger partial charge in [0.05, 0.1) is 0 Å². The van der Waals surface area contributed by atoms with Crippen LogP contribution in [0.2, 0.25) is 11.1 Å². The van der Waals surface area contributed by atoms with Crippen LogP contribution in [0.5, 0.6) is 0 Å². The predicted molar refractivity (Wildman–Crippen MR) is 204 cm³/mol. The number of benzene rings is 2. The normalized spacial score (nSPS) is 33.3. The van der Waals surface area contributed by atoms with Crippen LogP contribution >= 0.6 is 0 Å². The molecule has 6 aliphatic rings. The lowest BCUT2D eigenvalue weighted by Gasteiger charge is -2.51. The van der Waals surface area contributed by atoms with Gasteiger partial charge in [0.25, 0.3) is 0 Å². The summed E-state index contributed by atoms with van der Waals surface area (Å²) in [5.41, 5.74) is 9.17. The first kappa shape index (κ1) is 31.9. The van der Waals surface area contributed by atoms with E-state index in [1.165, 1.54) is 51.4 Å². The molecule has 1 heteroatoms. The standard InChI is InChI=1S/C46H60Si/c1-43(2)23-25-45(5,6)40-29-36-34(27-38(40)43)35-28-39-41(46(7,8)26-24-44(39,3)4)30-37(35)42(36)47(33-21-15-16-22-33,31-17-11-9-12-18-31)32-19-13-10-14-20-32/h9-14,17-20,27-30,33-37,42H,15-16,21-26H2,1-8H3. The van der Waals surface area contributed by atoms with Gasteiger partial charge < -0.3 is 0 Å². The van der Waals surface area contributed by atoms with Gasteiger partial charge in [0, 0.05) is 0 Å². The van der Waals surface area contributed by atoms with Crippen LogP contribution in [0.15, 0.2) is 107 Å². The van der Waals surface area contributed by atoms with Crippen LogP contribution < -0.4 is 10.4 Å². The molecule has 4 saturated carbocycles. The van der Waals surface area contributed by atoms with Crippen molar-refractivity contribution < 1.29 is 0 Å². The maximum atomic E-state index is 2.95. The molecular weight excluding hydrogens is 581 g/mol. The molecule has 2 aromatic rings. The van der Waals surface area contributed by atoms with Crippen LogP contribution in [0.4, 0.5) is 0 Å². The molecule has 4 fully saturated rings. The molecule has 0 heterocycles. The first-order valence-corrected chi connectivity index (χ1v) is 21.4. The second-order valence-electron chi connectivity index (χ2n) is 19.3. The van der Waals surface area contributed by atoms with Crippen molar-refractivity contribution >= 4 is 18.4 Å². The molecule has 0 amide bonds. The van der Waals surface area contributed by atoms with Crippen molar-refractivity contribution in [2.24, 2.45) is 45.3 Å². The molecular formula is C46H60Si. The summed E-state index contributed by atoms with van der Waals surface area (Å²) in [4.78, 5) is 0. The average Bonchev–Trinajstić information content (AvgIpc) is 3.70. The smallest absolute Gasteiger partial charge is 0.0767 e. The molecule has 4 atom stereocenters. The van der Waals surface area contributed by atoms with Gasteiger partial charge in [-0.2, -0.15) is 0 Å². The van der Waals surface area contributed by atoms with Gasteiger partial charge in [0.2, 0.25) is 0 Å². The molecule has 47 heavy (non-hydrogen) atoms. The fraction of sp³-hybridized carbons (Fsp3) is 0.565. The Labute approximate surface area is 287 Å². The van der Waals surface area contributed by atoms with Crippen molar-refractivity contribution in [3.05, 3.63) is 107 Å². The topological polar surface area (TPSA) is 0 Å². The molecule has 4 unspecified atom stereocenters. The molecule has 0 aromatic heterocycles. The van der Waals surface area contributed by atoms with Crippen LogP contribution in [0.3, 0.4) is 0 Å². The largest absolute Gasteiger partial charge is 0.125 e. The zero-order valence-electron chi connectivity index (χ0n) is 30.7. The zero-order chi connectivity index (χ0) is 33.0. The van der Waals surface area contributed by atoms with Crippen molar-refractivity contribution in [2.45, 2.75) is 118 Å². The molecule has 2 aromatic carbocycles. The maximum Gasteiger partial charge on any atom is 0.125 e. The van der Waals surface area contributed by atoms with E-state index in [1.807, 2.05) is 0 Å². The lowest BCUT2D eigenvalue weighted by molar-refractivity contribution is 0.244. The van der Waals surface area contributed by atoms with Gasteiger partial charge in [0.1, 0.15) is 8.07 Å². The van der Waals surface area contributed by atoms with Gasteiger partial charge in [-0.05, 0) is 104 Å². The van der Waals surface area contributed by atoms with E-state index in [1.54, 1.807) is 32.7 Å². The van der Waals surface area contributed by atoms with Crippen LogP contribution in [-0.4, -0.2) is 8.07 Å².